The summed E-state index contributed by atoms with van der Waals surface area (Å²) < 4.78 is 65.5. The molecule has 2 unspecified atom stereocenters. The van der Waals surface area contributed by atoms with E-state index in [0.717, 1.165) is 17.4 Å². The second-order valence-corrected chi connectivity index (χ2v) is 13.2. The number of nitrogens with zero attached hydrogens (tertiary/aromatic N) is 2. The highest BCUT2D eigenvalue weighted by molar-refractivity contribution is 7.88. The summed E-state index contributed by atoms with van der Waals surface area (Å²) in [7, 11) is -4.23. The van der Waals surface area contributed by atoms with Gasteiger partial charge in [-0.15, -0.1) is 6.58 Å². The third-order valence-electron chi connectivity index (χ3n) is 7.29. The number of halogens is 5. The maximum atomic E-state index is 14.3. The topological polar surface area (TPSA) is 57.7 Å². The van der Waals surface area contributed by atoms with Crippen LogP contribution in [0.15, 0.2) is 61.2 Å². The molecule has 214 valence electrons. The van der Waals surface area contributed by atoms with Gasteiger partial charge in [0.2, 0.25) is 15.9 Å². The van der Waals surface area contributed by atoms with Crippen molar-refractivity contribution in [1.82, 2.24) is 9.21 Å². The highest BCUT2D eigenvalue weighted by Gasteiger charge is 2.51. The van der Waals surface area contributed by atoms with Crippen LogP contribution < -0.4 is 0 Å². The van der Waals surface area contributed by atoms with Gasteiger partial charge in [0.1, 0.15) is 6.54 Å². The van der Waals surface area contributed by atoms with Gasteiger partial charge in [-0.25, -0.2) is 8.42 Å². The first-order valence-electron chi connectivity index (χ1n) is 12.6. The van der Waals surface area contributed by atoms with Gasteiger partial charge < -0.3 is 4.90 Å². The average molecular weight is 606 g/mol. The van der Waals surface area contributed by atoms with Crippen molar-refractivity contribution < 1.29 is 26.4 Å². The summed E-state index contributed by atoms with van der Waals surface area (Å²) in [6.45, 7) is 5.23. The Hall–Kier alpha value is -2.07. The number of carbonyl (C=O) groups is 1. The quantitative estimate of drug-likeness (QED) is 0.269. The average Bonchev–Trinajstić information content (AvgIpc) is 2.83. The predicted octanol–water partition coefficient (Wildman–Crippen LogP) is 7.24. The first-order chi connectivity index (χ1) is 18.1. The number of benzene rings is 2. The van der Waals surface area contributed by atoms with Crippen LogP contribution in [0, 0.1) is 5.41 Å². The first-order valence-corrected chi connectivity index (χ1v) is 15.2. The third-order valence-corrected chi connectivity index (χ3v) is 8.99. The molecule has 5 nitrogen and oxygen atoms in total. The van der Waals surface area contributed by atoms with E-state index < -0.39 is 46.8 Å². The molecule has 2 aromatic rings. The van der Waals surface area contributed by atoms with E-state index in [1.165, 1.54) is 0 Å². The fraction of sp³-hybridized carbons (Fsp3) is 0.464. The number of hydrogen-bond donors (Lipinski definition) is 0. The Morgan fingerprint density at radius 3 is 2.31 bits per heavy atom. The standard InChI is InChI=1S/C28H33Cl2F3N2O3S/c1-5-14-27(3)16-24(20-8-7-9-22(30)15-20)25(19-10-12-21(29)13-11-19)35(26(27)36)23(6-2)17-34(39(4,37)38)18-28(31,32)33/h5,7-13,15,23-25H,1,6,14,16-18H2,2-4H3/t23?,24-,25?,27+/m1/s1. The Bertz CT molecular complexity index is 1290. The Kier molecular flexibility index (Phi) is 9.85. The van der Waals surface area contributed by atoms with Crippen molar-refractivity contribution in [3.05, 3.63) is 82.4 Å². The fourth-order valence-corrected chi connectivity index (χ4v) is 6.60. The molecule has 1 aliphatic heterocycles. The molecule has 39 heavy (non-hydrogen) atoms. The van der Waals surface area contributed by atoms with Crippen LogP contribution in [-0.4, -0.2) is 55.1 Å². The van der Waals surface area contributed by atoms with Crippen LogP contribution in [0.5, 0.6) is 0 Å². The van der Waals surface area contributed by atoms with Crippen LogP contribution in [0.4, 0.5) is 13.2 Å². The summed E-state index contributed by atoms with van der Waals surface area (Å²) in [5.74, 6) is -0.566. The van der Waals surface area contributed by atoms with E-state index >= 15 is 0 Å². The molecule has 2 aromatic carbocycles. The second kappa shape index (κ2) is 12.2. The van der Waals surface area contributed by atoms with E-state index in [4.69, 9.17) is 23.2 Å². The van der Waals surface area contributed by atoms with Crippen molar-refractivity contribution in [2.45, 2.75) is 57.3 Å². The summed E-state index contributed by atoms with van der Waals surface area (Å²) in [5, 5.41) is 1.00. The molecule has 1 amide bonds. The van der Waals surface area contributed by atoms with Gasteiger partial charge in [-0.05, 0) is 54.7 Å². The molecule has 0 bridgehead atoms. The minimum atomic E-state index is -4.75. The molecule has 0 aliphatic carbocycles. The Balaban J connectivity index is 2.23. The van der Waals surface area contributed by atoms with Crippen molar-refractivity contribution in [1.29, 1.82) is 0 Å². The number of rotatable bonds is 10. The lowest BCUT2D eigenvalue weighted by Gasteiger charge is -2.52. The number of alkyl halides is 3. The molecule has 1 aliphatic rings. The molecule has 0 radical (unpaired) electrons. The Labute approximate surface area is 238 Å². The lowest BCUT2D eigenvalue weighted by atomic mass is 9.67. The SMILES string of the molecule is C=CC[C@@]1(C)C[C@H](c2cccc(Cl)c2)C(c2ccc(Cl)cc2)N(C(CC)CN(CC(F)(F)F)S(C)(=O)=O)C1=O. The highest BCUT2D eigenvalue weighted by atomic mass is 35.5. The second-order valence-electron chi connectivity index (χ2n) is 10.4. The van der Waals surface area contributed by atoms with Crippen molar-refractivity contribution in [3.63, 3.8) is 0 Å². The lowest BCUT2D eigenvalue weighted by Crippen LogP contribution is -2.58. The van der Waals surface area contributed by atoms with Gasteiger partial charge in [-0.3, -0.25) is 4.79 Å². The molecule has 11 heteroatoms. The van der Waals surface area contributed by atoms with E-state index in [9.17, 15) is 26.4 Å². The molecule has 0 saturated carbocycles. The summed E-state index contributed by atoms with van der Waals surface area (Å²) in [6.07, 6.45) is -1.36. The summed E-state index contributed by atoms with van der Waals surface area (Å²) in [5.41, 5.74) is 0.671. The van der Waals surface area contributed by atoms with E-state index in [1.54, 1.807) is 48.2 Å². The first kappa shape index (κ1) is 31.5. The van der Waals surface area contributed by atoms with Crippen LogP contribution in [0.3, 0.4) is 0 Å². The Morgan fingerprint density at radius 2 is 1.79 bits per heavy atom. The van der Waals surface area contributed by atoms with Crippen LogP contribution in [0.1, 0.15) is 56.2 Å². The van der Waals surface area contributed by atoms with Crippen molar-refractivity contribution in [2.75, 3.05) is 19.3 Å². The largest absolute Gasteiger partial charge is 0.402 e. The normalized spacial score (nSPS) is 23.2. The van der Waals surface area contributed by atoms with Gasteiger partial charge in [0.05, 0.1) is 17.7 Å². The van der Waals surface area contributed by atoms with Gasteiger partial charge in [-0.2, -0.15) is 17.5 Å². The Morgan fingerprint density at radius 1 is 1.15 bits per heavy atom. The molecular weight excluding hydrogens is 572 g/mol. The lowest BCUT2D eigenvalue weighted by molar-refractivity contribution is -0.156. The van der Waals surface area contributed by atoms with Gasteiger partial charge in [-0.1, -0.05) is 67.4 Å². The number of carbonyl (C=O) groups excluding carboxylic acids is 1. The number of sulfonamides is 1. The molecule has 4 atom stereocenters. The number of piperidine rings is 1. The van der Waals surface area contributed by atoms with Crippen LogP contribution in [0.25, 0.3) is 0 Å². The third kappa shape index (κ3) is 7.57. The summed E-state index contributed by atoms with van der Waals surface area (Å²) in [6, 6.07) is 12.8. The van der Waals surface area contributed by atoms with Crippen molar-refractivity contribution in [3.8, 4) is 0 Å². The maximum absolute atomic E-state index is 14.3. The molecule has 0 N–H and O–H groups in total. The molecule has 0 spiro atoms. The zero-order valence-corrected chi connectivity index (χ0v) is 24.4. The fourth-order valence-electron chi connectivity index (χ4n) is 5.45. The number of likely N-dealkylation sites (tertiary alicyclic amines) is 1. The van der Waals surface area contributed by atoms with Crippen molar-refractivity contribution >= 4 is 39.1 Å². The maximum Gasteiger partial charge on any atom is 0.402 e. The minimum absolute atomic E-state index is 0.228. The van der Waals surface area contributed by atoms with E-state index in [-0.39, 0.29) is 18.2 Å². The molecular formula is C28H33Cl2F3N2O3S. The minimum Gasteiger partial charge on any atom is -0.330 e. The van der Waals surface area contributed by atoms with Gasteiger partial charge in [0, 0.05) is 28.5 Å². The highest BCUT2D eigenvalue weighted by Crippen LogP contribution is 2.52. The number of hydrogen-bond acceptors (Lipinski definition) is 3. The predicted molar refractivity (Wildman–Crippen MR) is 149 cm³/mol. The summed E-state index contributed by atoms with van der Waals surface area (Å²) in [4.78, 5) is 15.9. The molecule has 1 saturated heterocycles. The zero-order chi connectivity index (χ0) is 29.2. The summed E-state index contributed by atoms with van der Waals surface area (Å²) >= 11 is 12.5. The zero-order valence-electron chi connectivity index (χ0n) is 22.1. The van der Waals surface area contributed by atoms with Crippen LogP contribution >= 0.6 is 23.2 Å². The van der Waals surface area contributed by atoms with Gasteiger partial charge in [0.25, 0.3) is 0 Å². The monoisotopic (exact) mass is 604 g/mol. The van der Waals surface area contributed by atoms with Crippen molar-refractivity contribution in [2.24, 2.45) is 5.41 Å². The molecule has 1 heterocycles. The molecule has 0 aromatic heterocycles. The van der Waals surface area contributed by atoms with Crippen LogP contribution in [-0.2, 0) is 14.8 Å². The van der Waals surface area contributed by atoms with Crippen LogP contribution in [0.2, 0.25) is 10.0 Å². The van der Waals surface area contributed by atoms with E-state index in [0.29, 0.717) is 27.2 Å². The molecule has 3 rings (SSSR count). The molecule has 1 fully saturated rings. The van der Waals surface area contributed by atoms with Gasteiger partial charge in [0.15, 0.2) is 0 Å². The number of allylic oxidation sites excluding steroid dienone is 1. The van der Waals surface area contributed by atoms with E-state index in [2.05, 4.69) is 6.58 Å². The smallest absolute Gasteiger partial charge is 0.330 e. The number of amides is 1. The van der Waals surface area contributed by atoms with E-state index in [1.807, 2.05) is 25.1 Å². The van der Waals surface area contributed by atoms with Gasteiger partial charge >= 0.3 is 6.18 Å².